The van der Waals surface area contributed by atoms with Gasteiger partial charge in [-0.05, 0) is 61.4 Å². The lowest BCUT2D eigenvalue weighted by Crippen LogP contribution is -2.29. The lowest BCUT2D eigenvalue weighted by Gasteiger charge is -2.25. The number of imidazole rings is 1. The Kier molecular flexibility index (Phi) is 3.92. The number of amides is 1. The molecule has 0 saturated heterocycles. The van der Waals surface area contributed by atoms with E-state index in [4.69, 9.17) is 4.42 Å². The fraction of sp³-hybridized carbons (Fsp3) is 0.130. The smallest absolute Gasteiger partial charge is 0.294 e. The van der Waals surface area contributed by atoms with Gasteiger partial charge in [-0.1, -0.05) is 12.1 Å². The molecule has 0 bridgehead atoms. The van der Waals surface area contributed by atoms with Crippen LogP contribution in [0.15, 0.2) is 65.0 Å². The highest BCUT2D eigenvalue weighted by molar-refractivity contribution is 6.16. The normalized spacial score (nSPS) is 16.8. The van der Waals surface area contributed by atoms with Gasteiger partial charge in [0.05, 0.1) is 17.4 Å². The molecular formula is C23H19N3O4. The molecule has 0 spiro atoms. The van der Waals surface area contributed by atoms with Crippen LogP contribution in [0.4, 0.5) is 5.69 Å². The number of benzene rings is 2. The molecule has 7 heteroatoms. The Balaban J connectivity index is 1.72. The molecule has 0 saturated carbocycles. The van der Waals surface area contributed by atoms with E-state index in [1.165, 1.54) is 17.0 Å². The van der Waals surface area contributed by atoms with E-state index in [0.717, 1.165) is 22.4 Å². The van der Waals surface area contributed by atoms with Crippen LogP contribution in [0.5, 0.6) is 5.75 Å². The van der Waals surface area contributed by atoms with E-state index in [1.807, 2.05) is 32.0 Å². The molecule has 2 aromatic heterocycles. The molecule has 3 N–H and O–H groups in total. The summed E-state index contributed by atoms with van der Waals surface area (Å²) >= 11 is 0. The molecule has 0 radical (unpaired) electrons. The fourth-order valence-corrected chi connectivity index (χ4v) is 3.92. The number of aliphatic hydroxyl groups is 1. The second-order valence-electron chi connectivity index (χ2n) is 7.38. The summed E-state index contributed by atoms with van der Waals surface area (Å²) in [5, 5.41) is 20.8. The molecule has 4 aromatic rings. The summed E-state index contributed by atoms with van der Waals surface area (Å²) in [6.45, 7) is 3.78. The second kappa shape index (κ2) is 6.52. The van der Waals surface area contributed by atoms with Gasteiger partial charge in [-0.25, -0.2) is 4.98 Å². The van der Waals surface area contributed by atoms with Crippen molar-refractivity contribution in [3.05, 3.63) is 83.3 Å². The van der Waals surface area contributed by atoms with Gasteiger partial charge in [-0.2, -0.15) is 0 Å². The number of carbonyl (C=O) groups is 1. The lowest BCUT2D eigenvalue weighted by molar-refractivity contribution is -0.117. The van der Waals surface area contributed by atoms with Crippen molar-refractivity contribution in [1.82, 2.24) is 9.97 Å². The summed E-state index contributed by atoms with van der Waals surface area (Å²) in [6.07, 6.45) is 1.59. The van der Waals surface area contributed by atoms with Crippen LogP contribution in [0.3, 0.4) is 0 Å². The van der Waals surface area contributed by atoms with Gasteiger partial charge < -0.3 is 19.6 Å². The zero-order chi connectivity index (χ0) is 21.0. The first kappa shape index (κ1) is 18.1. The van der Waals surface area contributed by atoms with Crippen molar-refractivity contribution >= 4 is 28.2 Å². The Bertz CT molecular complexity index is 1310. The molecule has 1 aliphatic rings. The Morgan fingerprint density at radius 3 is 2.67 bits per heavy atom. The quantitative estimate of drug-likeness (QED) is 0.468. The molecule has 2 aromatic carbocycles. The van der Waals surface area contributed by atoms with Gasteiger partial charge in [-0.15, -0.1) is 0 Å². The summed E-state index contributed by atoms with van der Waals surface area (Å²) in [4.78, 5) is 22.0. The number of aryl methyl sites for hydroxylation is 2. The van der Waals surface area contributed by atoms with Crippen LogP contribution in [-0.4, -0.2) is 26.1 Å². The predicted molar refractivity (Wildman–Crippen MR) is 112 cm³/mol. The van der Waals surface area contributed by atoms with Crippen LogP contribution in [0.2, 0.25) is 0 Å². The minimum atomic E-state index is -0.688. The maximum Gasteiger partial charge on any atom is 0.294 e. The standard InChI is InChI=1S/C23H19N3O4/c1-12-8-19(30-13(12)2)21-20(14-4-3-5-16(27)9-14)22(28)23(29)26(21)15-6-7-17-18(10-15)25-11-24-17/h3-11,21,27-28H,1-2H3,(H,24,25). The van der Waals surface area contributed by atoms with Crippen molar-refractivity contribution in [3.8, 4) is 5.75 Å². The maximum absolute atomic E-state index is 13.2. The van der Waals surface area contributed by atoms with Crippen molar-refractivity contribution in [1.29, 1.82) is 0 Å². The van der Waals surface area contributed by atoms with Crippen LogP contribution in [-0.2, 0) is 4.79 Å². The van der Waals surface area contributed by atoms with Crippen molar-refractivity contribution in [2.75, 3.05) is 4.90 Å². The summed E-state index contributed by atoms with van der Waals surface area (Å²) in [6, 6.07) is 13.1. The SMILES string of the molecule is Cc1cc(C2C(c3cccc(O)c3)=C(O)C(=O)N2c2ccc3nc[nH]c3c2)oc1C. The number of aromatic hydroxyl groups is 1. The van der Waals surface area contributed by atoms with Gasteiger partial charge in [-0.3, -0.25) is 9.69 Å². The molecule has 5 rings (SSSR count). The van der Waals surface area contributed by atoms with Crippen LogP contribution in [0, 0.1) is 13.8 Å². The molecule has 1 unspecified atom stereocenters. The second-order valence-corrected chi connectivity index (χ2v) is 7.38. The molecule has 150 valence electrons. The third-order valence-electron chi connectivity index (χ3n) is 5.50. The van der Waals surface area contributed by atoms with Crippen LogP contribution in [0.1, 0.15) is 28.7 Å². The number of aromatic nitrogens is 2. The molecule has 0 fully saturated rings. The number of hydrogen-bond acceptors (Lipinski definition) is 5. The third-order valence-corrected chi connectivity index (χ3v) is 5.50. The number of aromatic amines is 1. The Labute approximate surface area is 171 Å². The van der Waals surface area contributed by atoms with Gasteiger partial charge >= 0.3 is 0 Å². The Morgan fingerprint density at radius 1 is 1.10 bits per heavy atom. The van der Waals surface area contributed by atoms with Crippen molar-refractivity contribution in [3.63, 3.8) is 0 Å². The first-order valence-electron chi connectivity index (χ1n) is 9.50. The minimum Gasteiger partial charge on any atom is -0.508 e. The van der Waals surface area contributed by atoms with Gasteiger partial charge in [0.25, 0.3) is 5.91 Å². The number of fused-ring (bicyclic) bond motifs is 1. The summed E-state index contributed by atoms with van der Waals surface area (Å²) in [5.41, 5.74) is 4.02. The van der Waals surface area contributed by atoms with E-state index < -0.39 is 11.9 Å². The summed E-state index contributed by atoms with van der Waals surface area (Å²) in [7, 11) is 0. The lowest BCUT2D eigenvalue weighted by atomic mass is 9.96. The zero-order valence-corrected chi connectivity index (χ0v) is 16.4. The van der Waals surface area contributed by atoms with Crippen LogP contribution >= 0.6 is 0 Å². The van der Waals surface area contributed by atoms with E-state index in [9.17, 15) is 15.0 Å². The van der Waals surface area contributed by atoms with Gasteiger partial charge in [0, 0.05) is 11.3 Å². The van der Waals surface area contributed by atoms with Gasteiger partial charge in [0.1, 0.15) is 23.3 Å². The van der Waals surface area contributed by atoms with Crippen molar-refractivity contribution < 1.29 is 19.4 Å². The third kappa shape index (κ3) is 2.67. The number of hydrogen-bond donors (Lipinski definition) is 3. The highest BCUT2D eigenvalue weighted by atomic mass is 16.3. The van der Waals surface area contributed by atoms with Crippen molar-refractivity contribution in [2.45, 2.75) is 19.9 Å². The van der Waals surface area contributed by atoms with E-state index in [2.05, 4.69) is 9.97 Å². The van der Waals surface area contributed by atoms with Crippen LogP contribution < -0.4 is 4.90 Å². The Hall–Kier alpha value is -4.00. The summed E-state index contributed by atoms with van der Waals surface area (Å²) in [5.74, 6) is 0.405. The average molecular weight is 401 g/mol. The molecule has 3 heterocycles. The molecule has 1 amide bonds. The predicted octanol–water partition coefficient (Wildman–Crippen LogP) is 4.54. The van der Waals surface area contributed by atoms with Crippen LogP contribution in [0.25, 0.3) is 16.6 Å². The molecule has 1 aliphatic heterocycles. The first-order chi connectivity index (χ1) is 14.4. The average Bonchev–Trinajstić information content (AvgIpc) is 3.39. The number of H-pyrrole nitrogens is 1. The topological polar surface area (TPSA) is 103 Å². The highest BCUT2D eigenvalue weighted by Crippen LogP contribution is 2.46. The number of rotatable bonds is 3. The number of anilines is 1. The largest absolute Gasteiger partial charge is 0.508 e. The van der Waals surface area contributed by atoms with Gasteiger partial charge in [0.2, 0.25) is 0 Å². The molecule has 7 nitrogen and oxygen atoms in total. The molecular weight excluding hydrogens is 382 g/mol. The number of nitrogens with zero attached hydrogens (tertiary/aromatic N) is 2. The highest BCUT2D eigenvalue weighted by Gasteiger charge is 2.44. The number of phenols is 1. The number of aliphatic hydroxyl groups excluding tert-OH is 1. The number of phenolic OH excluding ortho intramolecular Hbond substituents is 1. The molecule has 30 heavy (non-hydrogen) atoms. The zero-order valence-electron chi connectivity index (χ0n) is 16.4. The number of carbonyl (C=O) groups excluding carboxylic acids is 1. The van der Waals surface area contributed by atoms with E-state index in [1.54, 1.807) is 24.5 Å². The fourth-order valence-electron chi connectivity index (χ4n) is 3.92. The van der Waals surface area contributed by atoms with Crippen molar-refractivity contribution in [2.24, 2.45) is 0 Å². The maximum atomic E-state index is 13.2. The van der Waals surface area contributed by atoms with Gasteiger partial charge in [0.15, 0.2) is 5.76 Å². The number of furan rings is 1. The summed E-state index contributed by atoms with van der Waals surface area (Å²) < 4.78 is 5.98. The molecule has 1 atom stereocenters. The molecule has 0 aliphatic carbocycles. The Morgan fingerprint density at radius 2 is 1.93 bits per heavy atom. The monoisotopic (exact) mass is 401 g/mol. The number of nitrogens with one attached hydrogen (secondary N) is 1. The van der Waals surface area contributed by atoms with E-state index in [0.29, 0.717) is 22.6 Å². The first-order valence-corrected chi connectivity index (χ1v) is 9.50. The minimum absolute atomic E-state index is 0.0446. The van der Waals surface area contributed by atoms with E-state index >= 15 is 0 Å². The van der Waals surface area contributed by atoms with E-state index in [-0.39, 0.29) is 11.5 Å².